The van der Waals surface area contributed by atoms with Gasteiger partial charge in [-0.2, -0.15) is 0 Å². The number of aromatic nitrogens is 2. The molecule has 0 radical (unpaired) electrons. The van der Waals surface area contributed by atoms with E-state index < -0.39 is 5.41 Å². The van der Waals surface area contributed by atoms with Gasteiger partial charge in [-0.05, 0) is 52.2 Å². The molecular weight excluding hydrogens is 322 g/mol. The molecule has 1 saturated heterocycles. The van der Waals surface area contributed by atoms with Crippen LogP contribution in [0.25, 0.3) is 11.3 Å². The Morgan fingerprint density at radius 3 is 2.92 bits per heavy atom. The second kappa shape index (κ2) is 6.99. The highest BCUT2D eigenvalue weighted by molar-refractivity contribution is 7.10. The number of hydroxylamine groups is 2. The average Bonchev–Trinajstić information content (AvgIpc) is 3.05. The van der Waals surface area contributed by atoms with Gasteiger partial charge in [0, 0.05) is 29.9 Å². The Morgan fingerprint density at radius 2 is 2.21 bits per heavy atom. The maximum absolute atomic E-state index is 12.2. The van der Waals surface area contributed by atoms with Crippen molar-refractivity contribution in [1.82, 2.24) is 15.0 Å². The molecule has 0 spiro atoms. The first kappa shape index (κ1) is 17.0. The molecule has 2 aromatic heterocycles. The van der Waals surface area contributed by atoms with E-state index in [1.807, 2.05) is 49.5 Å². The molecule has 3 heterocycles. The summed E-state index contributed by atoms with van der Waals surface area (Å²) < 4.78 is 0. The van der Waals surface area contributed by atoms with Crippen molar-refractivity contribution >= 4 is 17.3 Å². The zero-order valence-electron chi connectivity index (χ0n) is 14.4. The Morgan fingerprint density at radius 1 is 1.38 bits per heavy atom. The first-order valence-electron chi connectivity index (χ1n) is 8.30. The Hall–Kier alpha value is -1.79. The van der Waals surface area contributed by atoms with E-state index in [0.717, 1.165) is 42.1 Å². The van der Waals surface area contributed by atoms with Gasteiger partial charge in [0.1, 0.15) is 5.01 Å². The van der Waals surface area contributed by atoms with Crippen LogP contribution < -0.4 is 0 Å². The highest BCUT2D eigenvalue weighted by Gasteiger charge is 2.33. The van der Waals surface area contributed by atoms with Gasteiger partial charge in [0.05, 0.1) is 17.2 Å². The van der Waals surface area contributed by atoms with Gasteiger partial charge in [0.2, 0.25) is 0 Å². The van der Waals surface area contributed by atoms with Crippen LogP contribution in [0, 0.1) is 5.41 Å². The van der Waals surface area contributed by atoms with Gasteiger partial charge in [-0.3, -0.25) is 4.98 Å². The van der Waals surface area contributed by atoms with Gasteiger partial charge in [0.25, 0.3) is 0 Å². The van der Waals surface area contributed by atoms with E-state index in [-0.39, 0.29) is 12.0 Å². The van der Waals surface area contributed by atoms with E-state index in [4.69, 9.17) is 9.82 Å². The van der Waals surface area contributed by atoms with Gasteiger partial charge in [-0.15, -0.1) is 16.4 Å². The molecule has 5 nitrogen and oxygen atoms in total. The molecule has 0 saturated carbocycles. The molecule has 3 rings (SSSR count). The van der Waals surface area contributed by atoms with Crippen LogP contribution in [-0.4, -0.2) is 27.5 Å². The standard InChI is InChI=1S/C18H23N3O2S/c1-18(2,3)17(22)23-21-10-5-4-8-15(21)16-20-14(12-24-16)13-7-6-9-19-11-13/h6-7,9,11-12,15H,4-5,8,10H2,1-3H3/t15-/m1/s1. The smallest absolute Gasteiger partial charge is 0.330 e. The summed E-state index contributed by atoms with van der Waals surface area (Å²) in [6, 6.07) is 3.96. The molecule has 1 fully saturated rings. The molecule has 128 valence electrons. The monoisotopic (exact) mass is 345 g/mol. The minimum Gasteiger partial charge on any atom is -0.367 e. The molecule has 0 amide bonds. The molecule has 1 aliphatic heterocycles. The van der Waals surface area contributed by atoms with Crippen molar-refractivity contribution in [2.75, 3.05) is 6.54 Å². The van der Waals surface area contributed by atoms with Crippen LogP contribution in [0.2, 0.25) is 0 Å². The van der Waals surface area contributed by atoms with Gasteiger partial charge in [-0.1, -0.05) is 0 Å². The molecular formula is C18H23N3O2S. The van der Waals surface area contributed by atoms with Crippen LogP contribution in [0.1, 0.15) is 51.1 Å². The van der Waals surface area contributed by atoms with Crippen LogP contribution in [0.3, 0.4) is 0 Å². The van der Waals surface area contributed by atoms with E-state index in [1.54, 1.807) is 17.5 Å². The van der Waals surface area contributed by atoms with Crippen molar-refractivity contribution in [2.45, 2.75) is 46.1 Å². The number of thiazole rings is 1. The zero-order chi connectivity index (χ0) is 17.2. The summed E-state index contributed by atoms with van der Waals surface area (Å²) >= 11 is 1.62. The zero-order valence-corrected chi connectivity index (χ0v) is 15.2. The van der Waals surface area contributed by atoms with E-state index in [9.17, 15) is 4.79 Å². The SMILES string of the molecule is CC(C)(C)C(=O)ON1CCCC[C@@H]1c1nc(-c2cccnc2)cs1. The molecule has 0 unspecified atom stereocenters. The van der Waals surface area contributed by atoms with Gasteiger partial charge in [-0.25, -0.2) is 9.78 Å². The molecule has 0 N–H and O–H groups in total. The molecule has 1 atom stereocenters. The van der Waals surface area contributed by atoms with Crippen LogP contribution in [0.4, 0.5) is 0 Å². The third-order valence-electron chi connectivity index (χ3n) is 4.03. The lowest BCUT2D eigenvalue weighted by Gasteiger charge is -2.34. The van der Waals surface area contributed by atoms with E-state index in [2.05, 4.69) is 4.98 Å². The van der Waals surface area contributed by atoms with Crippen molar-refractivity contribution in [2.24, 2.45) is 5.41 Å². The maximum Gasteiger partial charge on any atom is 0.330 e. The fraction of sp³-hybridized carbons (Fsp3) is 0.500. The summed E-state index contributed by atoms with van der Waals surface area (Å²) in [5.74, 6) is -0.196. The van der Waals surface area contributed by atoms with Gasteiger partial charge >= 0.3 is 5.97 Å². The number of piperidine rings is 1. The lowest BCUT2D eigenvalue weighted by molar-refractivity contribution is -0.218. The third kappa shape index (κ3) is 3.82. The second-order valence-corrected chi connectivity index (χ2v) is 7.98. The number of hydrogen-bond donors (Lipinski definition) is 0. The summed E-state index contributed by atoms with van der Waals surface area (Å²) in [6.45, 7) is 6.38. The van der Waals surface area contributed by atoms with Crippen molar-refractivity contribution in [3.63, 3.8) is 0 Å². The van der Waals surface area contributed by atoms with E-state index in [0.29, 0.717) is 0 Å². The Kier molecular flexibility index (Phi) is 4.96. The van der Waals surface area contributed by atoms with Crippen molar-refractivity contribution in [1.29, 1.82) is 0 Å². The predicted octanol–water partition coefficient (Wildman–Crippen LogP) is 4.24. The molecule has 0 aliphatic carbocycles. The Balaban J connectivity index is 1.79. The molecule has 2 aromatic rings. The van der Waals surface area contributed by atoms with Crippen molar-refractivity contribution in [3.05, 3.63) is 34.9 Å². The first-order valence-corrected chi connectivity index (χ1v) is 9.18. The average molecular weight is 345 g/mol. The Labute approximate surface area is 146 Å². The normalized spacial score (nSPS) is 19.2. The first-order chi connectivity index (χ1) is 11.4. The highest BCUT2D eigenvalue weighted by Crippen LogP contribution is 2.35. The number of hydrogen-bond acceptors (Lipinski definition) is 6. The van der Waals surface area contributed by atoms with Gasteiger partial charge < -0.3 is 4.84 Å². The van der Waals surface area contributed by atoms with Crippen LogP contribution in [0.15, 0.2) is 29.9 Å². The summed E-state index contributed by atoms with van der Waals surface area (Å²) in [5, 5.41) is 4.86. The maximum atomic E-state index is 12.2. The molecule has 0 bridgehead atoms. The Bertz CT molecular complexity index is 694. The van der Waals surface area contributed by atoms with E-state index >= 15 is 0 Å². The fourth-order valence-electron chi connectivity index (χ4n) is 2.59. The lowest BCUT2D eigenvalue weighted by atomic mass is 9.97. The van der Waals surface area contributed by atoms with Gasteiger partial charge in [0.15, 0.2) is 0 Å². The topological polar surface area (TPSA) is 55.3 Å². The summed E-state index contributed by atoms with van der Waals surface area (Å²) in [4.78, 5) is 26.9. The molecule has 6 heteroatoms. The van der Waals surface area contributed by atoms with Crippen molar-refractivity contribution < 1.29 is 9.63 Å². The largest absolute Gasteiger partial charge is 0.367 e. The van der Waals surface area contributed by atoms with E-state index in [1.165, 1.54) is 0 Å². The summed E-state index contributed by atoms with van der Waals surface area (Å²) in [7, 11) is 0. The molecule has 1 aliphatic rings. The number of carbonyl (C=O) groups excluding carboxylic acids is 1. The predicted molar refractivity (Wildman–Crippen MR) is 94.2 cm³/mol. The number of carbonyl (C=O) groups is 1. The van der Waals surface area contributed by atoms with Crippen LogP contribution in [-0.2, 0) is 9.63 Å². The summed E-state index contributed by atoms with van der Waals surface area (Å²) in [6.07, 6.45) is 6.69. The molecule has 24 heavy (non-hydrogen) atoms. The quantitative estimate of drug-likeness (QED) is 0.833. The minimum absolute atomic E-state index is 0.0421. The minimum atomic E-state index is -0.508. The fourth-order valence-corrected chi connectivity index (χ4v) is 3.56. The summed E-state index contributed by atoms with van der Waals surface area (Å²) in [5.41, 5.74) is 1.43. The number of rotatable bonds is 3. The third-order valence-corrected chi connectivity index (χ3v) is 4.98. The lowest BCUT2D eigenvalue weighted by Crippen LogP contribution is -2.38. The van der Waals surface area contributed by atoms with Crippen LogP contribution in [0.5, 0.6) is 0 Å². The number of nitrogens with zero attached hydrogens (tertiary/aromatic N) is 3. The second-order valence-electron chi connectivity index (χ2n) is 7.09. The van der Waals surface area contributed by atoms with Crippen molar-refractivity contribution in [3.8, 4) is 11.3 Å². The van der Waals surface area contributed by atoms with Crippen LogP contribution >= 0.6 is 11.3 Å². The highest BCUT2D eigenvalue weighted by atomic mass is 32.1. The number of pyridine rings is 1. The molecule has 0 aromatic carbocycles.